The molecule has 0 unspecified atom stereocenters. The van der Waals surface area contributed by atoms with Gasteiger partial charge in [-0.3, -0.25) is 14.9 Å². The molecule has 1 rings (SSSR count). The van der Waals surface area contributed by atoms with Crippen molar-refractivity contribution in [3.8, 4) is 5.75 Å². The molecule has 5 nitrogen and oxygen atoms in total. The summed E-state index contributed by atoms with van der Waals surface area (Å²) in [5.41, 5.74) is -0.550. The van der Waals surface area contributed by atoms with Crippen LogP contribution < -0.4 is 4.74 Å². The van der Waals surface area contributed by atoms with Crippen molar-refractivity contribution in [1.82, 2.24) is 0 Å². The summed E-state index contributed by atoms with van der Waals surface area (Å²) in [6.45, 7) is -0.544. The Hall–Kier alpha value is -2.05. The van der Waals surface area contributed by atoms with Gasteiger partial charge in [0.2, 0.25) is 5.75 Å². The molecule has 0 fully saturated rings. The number of benzene rings is 1. The zero-order valence-electron chi connectivity index (χ0n) is 9.07. The Morgan fingerprint density at radius 2 is 2.06 bits per heavy atom. The molecule has 1 aromatic carbocycles. The fraction of sp³-hybridized carbons (Fsp3) is 0.300. The van der Waals surface area contributed by atoms with Crippen molar-refractivity contribution in [3.63, 3.8) is 0 Å². The molecule has 0 spiro atoms. The highest BCUT2D eigenvalue weighted by Crippen LogP contribution is 2.33. The monoisotopic (exact) mass is 245 g/mol. The number of halogens is 2. The zero-order valence-corrected chi connectivity index (χ0v) is 9.07. The van der Waals surface area contributed by atoms with Crippen LogP contribution in [0.4, 0.5) is 14.5 Å². The summed E-state index contributed by atoms with van der Waals surface area (Å²) in [6, 6.07) is 2.36. The van der Waals surface area contributed by atoms with E-state index in [0.717, 1.165) is 13.0 Å². The number of nitro groups is 1. The van der Waals surface area contributed by atoms with Gasteiger partial charge in [-0.2, -0.15) is 8.78 Å². The van der Waals surface area contributed by atoms with Gasteiger partial charge in [0.25, 0.3) is 0 Å². The minimum Gasteiger partial charge on any atom is -0.427 e. The fourth-order valence-corrected chi connectivity index (χ4v) is 1.39. The van der Waals surface area contributed by atoms with Gasteiger partial charge >= 0.3 is 12.3 Å². The summed E-state index contributed by atoms with van der Waals surface area (Å²) in [7, 11) is 0. The van der Waals surface area contributed by atoms with Crippen molar-refractivity contribution >= 4 is 11.5 Å². The van der Waals surface area contributed by atoms with Crippen LogP contribution in [0.3, 0.4) is 0 Å². The topological polar surface area (TPSA) is 69.4 Å². The first kappa shape index (κ1) is 13.0. The molecule has 0 atom stereocenters. The molecule has 0 aliphatic rings. The third-order valence-corrected chi connectivity index (χ3v) is 2.00. The average molecular weight is 245 g/mol. The first-order valence-corrected chi connectivity index (χ1v) is 4.57. The highest BCUT2D eigenvalue weighted by Gasteiger charge is 2.26. The van der Waals surface area contributed by atoms with Gasteiger partial charge in [0.15, 0.2) is 5.78 Å². The third kappa shape index (κ3) is 2.96. The van der Waals surface area contributed by atoms with Crippen LogP contribution in [-0.4, -0.2) is 17.3 Å². The quantitative estimate of drug-likeness (QED) is 0.464. The van der Waals surface area contributed by atoms with Gasteiger partial charge in [-0.15, -0.1) is 0 Å². The van der Waals surface area contributed by atoms with Gasteiger partial charge in [-0.25, -0.2) is 0 Å². The van der Waals surface area contributed by atoms with Gasteiger partial charge in [-0.1, -0.05) is 0 Å². The van der Waals surface area contributed by atoms with E-state index >= 15 is 0 Å². The smallest absolute Gasteiger partial charge is 0.387 e. The molecule has 17 heavy (non-hydrogen) atoms. The molecule has 7 heteroatoms. The third-order valence-electron chi connectivity index (χ3n) is 2.00. The van der Waals surface area contributed by atoms with Gasteiger partial charge in [0.05, 0.1) is 10.5 Å². The van der Waals surface area contributed by atoms with E-state index in [1.165, 1.54) is 13.0 Å². The second-order valence-corrected chi connectivity index (χ2v) is 3.35. The van der Waals surface area contributed by atoms with Crippen LogP contribution in [0.15, 0.2) is 12.1 Å². The normalized spacial score (nSPS) is 10.4. The van der Waals surface area contributed by atoms with Gasteiger partial charge < -0.3 is 4.74 Å². The lowest BCUT2D eigenvalue weighted by Crippen LogP contribution is -2.08. The second kappa shape index (κ2) is 4.86. The Morgan fingerprint density at radius 1 is 1.47 bits per heavy atom. The van der Waals surface area contributed by atoms with Crippen molar-refractivity contribution in [2.75, 3.05) is 0 Å². The lowest BCUT2D eigenvalue weighted by molar-refractivity contribution is -0.386. The van der Waals surface area contributed by atoms with E-state index in [2.05, 4.69) is 4.74 Å². The molecule has 0 radical (unpaired) electrons. The average Bonchev–Trinajstić information content (AvgIpc) is 2.14. The Balaban J connectivity index is 3.46. The number of carbonyl (C=O) groups excluding carboxylic acids is 1. The molecule has 0 aliphatic carbocycles. The van der Waals surface area contributed by atoms with Crippen molar-refractivity contribution in [3.05, 3.63) is 33.4 Å². The van der Waals surface area contributed by atoms with E-state index < -0.39 is 28.8 Å². The Kier molecular flexibility index (Phi) is 3.72. The number of carbonyl (C=O) groups is 1. The molecular formula is C10H9F2NO4. The summed E-state index contributed by atoms with van der Waals surface area (Å²) >= 11 is 0. The molecule has 1 aromatic rings. The lowest BCUT2D eigenvalue weighted by Gasteiger charge is -2.08. The van der Waals surface area contributed by atoms with Crippen LogP contribution in [-0.2, 0) is 0 Å². The van der Waals surface area contributed by atoms with Gasteiger partial charge in [0, 0.05) is 0 Å². The lowest BCUT2D eigenvalue weighted by atomic mass is 10.1. The number of nitrogens with zero attached hydrogens (tertiary/aromatic N) is 1. The minimum atomic E-state index is -3.18. The van der Waals surface area contributed by atoms with E-state index in [1.54, 1.807) is 0 Å². The number of hydrogen-bond donors (Lipinski definition) is 0. The number of aryl methyl sites for hydroxylation is 1. The second-order valence-electron chi connectivity index (χ2n) is 3.35. The van der Waals surface area contributed by atoms with Crippen LogP contribution in [0.5, 0.6) is 5.75 Å². The zero-order chi connectivity index (χ0) is 13.2. The molecule has 0 saturated carbocycles. The Labute approximate surface area is 95.2 Å². The molecule has 0 aromatic heterocycles. The molecule has 0 amide bonds. The van der Waals surface area contributed by atoms with Crippen LogP contribution in [0.25, 0.3) is 0 Å². The highest BCUT2D eigenvalue weighted by atomic mass is 19.3. The van der Waals surface area contributed by atoms with Crippen molar-refractivity contribution < 1.29 is 23.2 Å². The maximum Gasteiger partial charge on any atom is 0.387 e. The predicted octanol–water partition coefficient (Wildman–Crippen LogP) is 2.71. The number of ketones is 1. The van der Waals surface area contributed by atoms with Gasteiger partial charge in [-0.05, 0) is 31.5 Å². The van der Waals surface area contributed by atoms with Crippen molar-refractivity contribution in [2.45, 2.75) is 20.5 Å². The number of hydrogen-bond acceptors (Lipinski definition) is 4. The predicted molar refractivity (Wildman–Crippen MR) is 54.5 cm³/mol. The standard InChI is InChI=1S/C10H9F2NO4/c1-5-3-7(6(2)14)9(13(15)16)8(4-5)17-10(11)12/h3-4,10H,1-2H3. The fourth-order valence-electron chi connectivity index (χ4n) is 1.39. The molecular weight excluding hydrogens is 236 g/mol. The first-order valence-electron chi connectivity index (χ1n) is 4.57. The summed E-state index contributed by atoms with van der Waals surface area (Å²) < 4.78 is 28.2. The van der Waals surface area contributed by atoms with E-state index in [4.69, 9.17) is 0 Å². The molecule has 0 bridgehead atoms. The number of ether oxygens (including phenoxy) is 1. The molecule has 0 N–H and O–H groups in total. The minimum absolute atomic E-state index is 0.245. The number of alkyl halides is 2. The molecule has 0 saturated heterocycles. The number of rotatable bonds is 4. The van der Waals surface area contributed by atoms with Gasteiger partial charge in [0.1, 0.15) is 0 Å². The Bertz CT molecular complexity index is 474. The summed E-state index contributed by atoms with van der Waals surface area (Å²) in [5.74, 6) is -1.19. The summed E-state index contributed by atoms with van der Waals surface area (Å²) in [4.78, 5) is 21.1. The van der Waals surface area contributed by atoms with Crippen molar-refractivity contribution in [1.29, 1.82) is 0 Å². The van der Waals surface area contributed by atoms with E-state index in [1.807, 2.05) is 0 Å². The Morgan fingerprint density at radius 3 is 2.47 bits per heavy atom. The molecule has 92 valence electrons. The van der Waals surface area contributed by atoms with E-state index in [-0.39, 0.29) is 5.56 Å². The number of nitro benzene ring substituents is 1. The first-order chi connectivity index (χ1) is 7.82. The largest absolute Gasteiger partial charge is 0.427 e. The molecule has 0 heterocycles. The maximum atomic E-state index is 12.1. The maximum absolute atomic E-state index is 12.1. The SMILES string of the molecule is CC(=O)c1cc(C)cc(OC(F)F)c1[N+](=O)[O-]. The van der Waals surface area contributed by atoms with E-state index in [9.17, 15) is 23.7 Å². The van der Waals surface area contributed by atoms with Crippen LogP contribution >= 0.6 is 0 Å². The summed E-state index contributed by atoms with van der Waals surface area (Å²) in [6.07, 6.45) is 0. The van der Waals surface area contributed by atoms with Crippen LogP contribution in [0, 0.1) is 17.0 Å². The highest BCUT2D eigenvalue weighted by molar-refractivity contribution is 5.99. The van der Waals surface area contributed by atoms with Crippen LogP contribution in [0.2, 0.25) is 0 Å². The van der Waals surface area contributed by atoms with Crippen LogP contribution in [0.1, 0.15) is 22.8 Å². The number of Topliss-reactive ketones (excluding diaryl/α,β-unsaturated/α-hetero) is 1. The van der Waals surface area contributed by atoms with E-state index in [0.29, 0.717) is 5.56 Å². The summed E-state index contributed by atoms with van der Waals surface area (Å²) in [5, 5.41) is 10.8. The molecule has 0 aliphatic heterocycles. The van der Waals surface area contributed by atoms with Crippen molar-refractivity contribution in [2.24, 2.45) is 0 Å².